The van der Waals surface area contributed by atoms with Gasteiger partial charge >= 0.3 is 6.09 Å². The highest BCUT2D eigenvalue weighted by Gasteiger charge is 2.21. The molecular weight excluding hydrogens is 190 g/mol. The van der Waals surface area contributed by atoms with Gasteiger partial charge in [-0.1, -0.05) is 0 Å². The molecule has 1 heterocycles. The first-order valence-corrected chi connectivity index (χ1v) is 5.71. The molecule has 0 spiro atoms. The van der Waals surface area contributed by atoms with E-state index < -0.39 is 6.09 Å². The molecule has 2 N–H and O–H groups in total. The fraction of sp³-hybridized carbons (Fsp3) is 0.875. The number of ether oxygens (including phenoxy) is 1. The van der Waals surface area contributed by atoms with Gasteiger partial charge in [0.05, 0.1) is 18.8 Å². The summed E-state index contributed by atoms with van der Waals surface area (Å²) in [5.41, 5.74) is 0. The van der Waals surface area contributed by atoms with Gasteiger partial charge in [-0.2, -0.15) is 11.8 Å². The monoisotopic (exact) mass is 205 g/mol. The van der Waals surface area contributed by atoms with Crippen LogP contribution in [0.3, 0.4) is 0 Å². The van der Waals surface area contributed by atoms with Gasteiger partial charge in [0.15, 0.2) is 0 Å². The van der Waals surface area contributed by atoms with E-state index in [4.69, 9.17) is 9.84 Å². The minimum Gasteiger partial charge on any atom is -0.465 e. The second-order valence-electron chi connectivity index (χ2n) is 3.13. The Hall–Kier alpha value is -0.420. The van der Waals surface area contributed by atoms with Crippen LogP contribution in [0.15, 0.2) is 0 Å². The van der Waals surface area contributed by atoms with Crippen molar-refractivity contribution in [2.75, 3.05) is 18.6 Å². The van der Waals surface area contributed by atoms with Crippen LogP contribution < -0.4 is 5.32 Å². The number of hydrogen-bond donors (Lipinski definition) is 2. The zero-order valence-electron chi connectivity index (χ0n) is 7.66. The summed E-state index contributed by atoms with van der Waals surface area (Å²) >= 11 is 1.76. The zero-order chi connectivity index (χ0) is 9.68. The van der Waals surface area contributed by atoms with E-state index in [1.165, 1.54) is 0 Å². The third-order valence-electron chi connectivity index (χ3n) is 2.05. The first kappa shape index (κ1) is 10.7. The Morgan fingerprint density at radius 3 is 2.92 bits per heavy atom. The third kappa shape index (κ3) is 3.87. The van der Waals surface area contributed by atoms with Crippen LogP contribution in [-0.2, 0) is 4.74 Å². The summed E-state index contributed by atoms with van der Waals surface area (Å²) in [5, 5.41) is 10.9. The molecule has 0 bridgehead atoms. The first-order valence-electron chi connectivity index (χ1n) is 4.32. The number of amides is 1. The molecule has 0 aromatic heterocycles. The molecule has 0 aromatic rings. The Balaban J connectivity index is 2.18. The molecule has 0 radical (unpaired) electrons. The van der Waals surface area contributed by atoms with Crippen molar-refractivity contribution < 1.29 is 14.6 Å². The van der Waals surface area contributed by atoms with E-state index in [2.05, 4.69) is 5.32 Å². The van der Waals surface area contributed by atoms with Gasteiger partial charge in [0, 0.05) is 5.75 Å². The van der Waals surface area contributed by atoms with Crippen molar-refractivity contribution >= 4 is 17.9 Å². The van der Waals surface area contributed by atoms with E-state index in [1.54, 1.807) is 11.8 Å². The van der Waals surface area contributed by atoms with E-state index in [-0.39, 0.29) is 6.04 Å². The Bertz CT molecular complexity index is 169. The summed E-state index contributed by atoms with van der Waals surface area (Å²) in [6.45, 7) is 0.511. The Morgan fingerprint density at radius 1 is 1.69 bits per heavy atom. The van der Waals surface area contributed by atoms with Crippen molar-refractivity contribution in [3.63, 3.8) is 0 Å². The van der Waals surface area contributed by atoms with E-state index in [9.17, 15) is 4.79 Å². The highest BCUT2D eigenvalue weighted by atomic mass is 32.2. The van der Waals surface area contributed by atoms with Crippen molar-refractivity contribution in [1.82, 2.24) is 5.32 Å². The summed E-state index contributed by atoms with van der Waals surface area (Å²) in [6.07, 6.45) is 3.23. The van der Waals surface area contributed by atoms with E-state index >= 15 is 0 Å². The number of carboxylic acid groups (broad SMARTS) is 1. The predicted octanol–water partition coefficient (Wildman–Crippen LogP) is 1.16. The topological polar surface area (TPSA) is 58.6 Å². The molecule has 1 saturated heterocycles. The van der Waals surface area contributed by atoms with Gasteiger partial charge in [-0.3, -0.25) is 0 Å². The molecule has 0 unspecified atom stereocenters. The predicted molar refractivity (Wildman–Crippen MR) is 52.3 cm³/mol. The van der Waals surface area contributed by atoms with Crippen molar-refractivity contribution in [2.45, 2.75) is 25.0 Å². The summed E-state index contributed by atoms with van der Waals surface area (Å²) < 4.78 is 5.49. The number of thioether (sulfide) groups is 1. The summed E-state index contributed by atoms with van der Waals surface area (Å²) in [4.78, 5) is 10.3. The van der Waals surface area contributed by atoms with Gasteiger partial charge in [-0.25, -0.2) is 4.79 Å². The second-order valence-corrected chi connectivity index (χ2v) is 4.05. The maximum Gasteiger partial charge on any atom is 0.404 e. The average molecular weight is 205 g/mol. The fourth-order valence-electron chi connectivity index (χ4n) is 1.41. The molecule has 2 atom stereocenters. The molecule has 1 aliphatic rings. The van der Waals surface area contributed by atoms with Crippen LogP contribution in [0.25, 0.3) is 0 Å². The Kier molecular flexibility index (Phi) is 4.38. The maximum atomic E-state index is 10.3. The molecule has 0 saturated carbocycles. The normalized spacial score (nSPS) is 28.4. The summed E-state index contributed by atoms with van der Waals surface area (Å²) in [5.74, 6) is 1.000. The van der Waals surface area contributed by atoms with Crippen LogP contribution in [0.4, 0.5) is 4.79 Å². The number of carbonyl (C=O) groups is 1. The molecule has 1 fully saturated rings. The lowest BCUT2D eigenvalue weighted by Gasteiger charge is -2.28. The van der Waals surface area contributed by atoms with Crippen LogP contribution in [-0.4, -0.2) is 42.0 Å². The molecule has 13 heavy (non-hydrogen) atoms. The van der Waals surface area contributed by atoms with E-state index in [0.29, 0.717) is 12.7 Å². The Labute approximate surface area is 82.0 Å². The quantitative estimate of drug-likeness (QED) is 0.726. The van der Waals surface area contributed by atoms with Gasteiger partial charge in [0.1, 0.15) is 0 Å². The van der Waals surface area contributed by atoms with Crippen LogP contribution in [0.2, 0.25) is 0 Å². The van der Waals surface area contributed by atoms with Gasteiger partial charge in [0.25, 0.3) is 0 Å². The fourth-order valence-corrected chi connectivity index (χ4v) is 2.05. The van der Waals surface area contributed by atoms with Crippen molar-refractivity contribution in [3.05, 3.63) is 0 Å². The lowest BCUT2D eigenvalue weighted by molar-refractivity contribution is 0.0122. The van der Waals surface area contributed by atoms with E-state index in [1.807, 2.05) is 6.26 Å². The van der Waals surface area contributed by atoms with Gasteiger partial charge in [-0.15, -0.1) is 0 Å². The number of nitrogens with one attached hydrogen (secondary N) is 1. The van der Waals surface area contributed by atoms with Crippen LogP contribution in [0, 0.1) is 0 Å². The first-order chi connectivity index (χ1) is 6.22. The average Bonchev–Trinajstić information content (AvgIpc) is 2.08. The van der Waals surface area contributed by atoms with Gasteiger partial charge in [-0.05, 0) is 19.1 Å². The molecule has 0 aromatic carbocycles. The molecule has 5 heteroatoms. The minimum absolute atomic E-state index is 0.0180. The number of hydrogen-bond acceptors (Lipinski definition) is 3. The van der Waals surface area contributed by atoms with Crippen LogP contribution in [0.1, 0.15) is 12.8 Å². The van der Waals surface area contributed by atoms with E-state index in [0.717, 1.165) is 18.6 Å². The van der Waals surface area contributed by atoms with Gasteiger partial charge in [0.2, 0.25) is 0 Å². The molecule has 1 aliphatic heterocycles. The van der Waals surface area contributed by atoms with Crippen LogP contribution in [0.5, 0.6) is 0 Å². The summed E-state index contributed by atoms with van der Waals surface area (Å²) in [7, 11) is 0. The molecule has 0 aliphatic carbocycles. The smallest absolute Gasteiger partial charge is 0.404 e. The zero-order valence-corrected chi connectivity index (χ0v) is 8.47. The van der Waals surface area contributed by atoms with Crippen molar-refractivity contribution in [1.29, 1.82) is 0 Å². The largest absolute Gasteiger partial charge is 0.465 e. The molecule has 4 nitrogen and oxygen atoms in total. The molecular formula is C8H15NO3S. The lowest BCUT2D eigenvalue weighted by Crippen LogP contribution is -2.42. The van der Waals surface area contributed by atoms with Crippen molar-refractivity contribution in [3.8, 4) is 0 Å². The lowest BCUT2D eigenvalue weighted by atomic mass is 10.1. The maximum absolute atomic E-state index is 10.3. The summed E-state index contributed by atoms with van der Waals surface area (Å²) in [6, 6.07) is -0.0180. The SMILES string of the molecule is CSC[C@@H]1CC[C@@H](NC(=O)O)CO1. The second kappa shape index (κ2) is 5.34. The number of rotatable bonds is 3. The minimum atomic E-state index is -0.961. The third-order valence-corrected chi connectivity index (χ3v) is 2.76. The molecule has 1 rings (SSSR count). The standard InChI is InChI=1S/C8H15NO3S/c1-13-5-7-3-2-6(4-12-7)9-8(10)11/h6-7,9H,2-5H2,1H3,(H,10,11)/t6-,7+/m1/s1. The van der Waals surface area contributed by atoms with Gasteiger partial charge < -0.3 is 15.2 Å². The Morgan fingerprint density at radius 2 is 2.46 bits per heavy atom. The highest BCUT2D eigenvalue weighted by molar-refractivity contribution is 7.98. The molecule has 1 amide bonds. The molecule has 76 valence electrons. The van der Waals surface area contributed by atoms with Crippen LogP contribution >= 0.6 is 11.8 Å². The highest BCUT2D eigenvalue weighted by Crippen LogP contribution is 2.16. The van der Waals surface area contributed by atoms with Crippen molar-refractivity contribution in [2.24, 2.45) is 0 Å².